The van der Waals surface area contributed by atoms with Crippen LogP contribution in [0.1, 0.15) is 22.3 Å². The standard InChI is InChI=1S/C21H26N2O4S/c1-22(2)17-10-8-16(9-11-17)14-23(18-12-13-28(25,26)15-18)21(24)19-6-4-5-7-20(19)27-3/h4-11,18H,12-15H2,1-3H3/t18-/m1/s1. The van der Waals surface area contributed by atoms with Crippen LogP contribution >= 0.6 is 0 Å². The van der Waals surface area contributed by atoms with Crippen LogP contribution in [0.2, 0.25) is 0 Å². The Morgan fingerprint density at radius 3 is 2.36 bits per heavy atom. The number of methoxy groups -OCH3 is 1. The van der Waals surface area contributed by atoms with E-state index in [0.717, 1.165) is 11.3 Å². The Bertz CT molecular complexity index is 939. The zero-order chi connectivity index (χ0) is 20.3. The fourth-order valence-electron chi connectivity index (χ4n) is 3.46. The second kappa shape index (κ2) is 8.22. The van der Waals surface area contributed by atoms with E-state index >= 15 is 0 Å². The van der Waals surface area contributed by atoms with Crippen molar-refractivity contribution >= 4 is 21.4 Å². The van der Waals surface area contributed by atoms with Gasteiger partial charge >= 0.3 is 0 Å². The van der Waals surface area contributed by atoms with Crippen molar-refractivity contribution in [3.63, 3.8) is 0 Å². The molecule has 150 valence electrons. The number of hydrogen-bond donors (Lipinski definition) is 0. The van der Waals surface area contributed by atoms with Crippen LogP contribution in [0.3, 0.4) is 0 Å². The van der Waals surface area contributed by atoms with Crippen molar-refractivity contribution in [2.45, 2.75) is 19.0 Å². The molecule has 1 heterocycles. The van der Waals surface area contributed by atoms with Crippen molar-refractivity contribution in [3.05, 3.63) is 59.7 Å². The molecule has 0 aliphatic carbocycles. The summed E-state index contributed by atoms with van der Waals surface area (Å²) in [5.74, 6) is 0.397. The van der Waals surface area contributed by atoms with Gasteiger partial charge in [0, 0.05) is 32.4 Å². The second-order valence-corrected chi connectivity index (χ2v) is 9.48. The van der Waals surface area contributed by atoms with Crippen molar-refractivity contribution in [2.24, 2.45) is 0 Å². The number of benzene rings is 2. The molecule has 1 aliphatic heterocycles. The molecule has 0 spiro atoms. The third-order valence-corrected chi connectivity index (χ3v) is 6.80. The molecule has 1 atom stereocenters. The molecule has 6 nitrogen and oxygen atoms in total. The number of hydrogen-bond acceptors (Lipinski definition) is 5. The molecular formula is C21H26N2O4S. The number of ether oxygens (including phenoxy) is 1. The summed E-state index contributed by atoms with van der Waals surface area (Å²) in [5, 5.41) is 0. The zero-order valence-corrected chi connectivity index (χ0v) is 17.3. The van der Waals surface area contributed by atoms with Crippen molar-refractivity contribution in [3.8, 4) is 5.75 Å². The van der Waals surface area contributed by atoms with Gasteiger partial charge in [0.25, 0.3) is 5.91 Å². The van der Waals surface area contributed by atoms with Crippen LogP contribution < -0.4 is 9.64 Å². The maximum atomic E-state index is 13.3. The van der Waals surface area contributed by atoms with Gasteiger partial charge in [0.1, 0.15) is 5.75 Å². The summed E-state index contributed by atoms with van der Waals surface area (Å²) < 4.78 is 29.4. The van der Waals surface area contributed by atoms with E-state index in [1.165, 1.54) is 7.11 Å². The maximum absolute atomic E-state index is 13.3. The van der Waals surface area contributed by atoms with E-state index in [0.29, 0.717) is 24.3 Å². The Labute approximate surface area is 166 Å². The van der Waals surface area contributed by atoms with E-state index in [1.807, 2.05) is 43.3 Å². The molecule has 28 heavy (non-hydrogen) atoms. The fraction of sp³-hybridized carbons (Fsp3) is 0.381. The smallest absolute Gasteiger partial charge is 0.258 e. The van der Waals surface area contributed by atoms with Crippen LogP contribution in [0.5, 0.6) is 5.75 Å². The average molecular weight is 403 g/mol. The lowest BCUT2D eigenvalue weighted by Crippen LogP contribution is -2.40. The van der Waals surface area contributed by atoms with Gasteiger partial charge < -0.3 is 14.5 Å². The highest BCUT2D eigenvalue weighted by atomic mass is 32.2. The third-order valence-electron chi connectivity index (χ3n) is 5.05. The zero-order valence-electron chi connectivity index (χ0n) is 16.5. The molecule has 1 fully saturated rings. The number of carbonyl (C=O) groups excluding carboxylic acids is 1. The molecule has 0 N–H and O–H groups in total. The summed E-state index contributed by atoms with van der Waals surface area (Å²) in [5.41, 5.74) is 2.46. The molecular weight excluding hydrogens is 376 g/mol. The molecule has 1 aliphatic rings. The van der Waals surface area contributed by atoms with Crippen molar-refractivity contribution < 1.29 is 17.9 Å². The third kappa shape index (κ3) is 4.47. The highest BCUT2D eigenvalue weighted by Gasteiger charge is 2.35. The minimum Gasteiger partial charge on any atom is -0.496 e. The number of rotatable bonds is 6. The van der Waals surface area contributed by atoms with Crippen LogP contribution in [-0.4, -0.2) is 58.0 Å². The van der Waals surface area contributed by atoms with E-state index in [9.17, 15) is 13.2 Å². The topological polar surface area (TPSA) is 66.9 Å². The summed E-state index contributed by atoms with van der Waals surface area (Å²) in [6, 6.07) is 14.6. The molecule has 0 unspecified atom stereocenters. The lowest BCUT2D eigenvalue weighted by molar-refractivity contribution is 0.0677. The Kier molecular flexibility index (Phi) is 5.93. The molecule has 1 amide bonds. The summed E-state index contributed by atoms with van der Waals surface area (Å²) in [4.78, 5) is 17.0. The van der Waals surface area contributed by atoms with Gasteiger partial charge in [0.2, 0.25) is 0 Å². The molecule has 0 aromatic heterocycles. The first kappa shape index (κ1) is 20.2. The Morgan fingerprint density at radius 2 is 1.79 bits per heavy atom. The normalized spacial score (nSPS) is 17.9. The van der Waals surface area contributed by atoms with E-state index in [2.05, 4.69) is 0 Å². The van der Waals surface area contributed by atoms with Crippen molar-refractivity contribution in [2.75, 3.05) is 37.6 Å². The van der Waals surface area contributed by atoms with E-state index < -0.39 is 9.84 Å². The molecule has 0 saturated carbocycles. The van der Waals surface area contributed by atoms with Crippen LogP contribution in [0.25, 0.3) is 0 Å². The molecule has 0 radical (unpaired) electrons. The van der Waals surface area contributed by atoms with E-state index in [-0.39, 0.29) is 23.5 Å². The van der Waals surface area contributed by atoms with Gasteiger partial charge in [0.15, 0.2) is 9.84 Å². The molecule has 7 heteroatoms. The molecule has 0 bridgehead atoms. The summed E-state index contributed by atoms with van der Waals surface area (Å²) >= 11 is 0. The molecule has 2 aromatic carbocycles. The Morgan fingerprint density at radius 1 is 1.11 bits per heavy atom. The summed E-state index contributed by atoms with van der Waals surface area (Å²) in [7, 11) is 2.35. The SMILES string of the molecule is COc1ccccc1C(=O)N(Cc1ccc(N(C)C)cc1)[C@@H]1CCS(=O)(=O)C1. The quantitative estimate of drug-likeness (QED) is 0.743. The van der Waals surface area contributed by atoms with Gasteiger partial charge in [-0.3, -0.25) is 4.79 Å². The lowest BCUT2D eigenvalue weighted by atomic mass is 10.1. The highest BCUT2D eigenvalue weighted by molar-refractivity contribution is 7.91. The average Bonchev–Trinajstić information content (AvgIpc) is 3.05. The summed E-state index contributed by atoms with van der Waals surface area (Å²) in [6.45, 7) is 0.352. The summed E-state index contributed by atoms with van der Waals surface area (Å²) in [6.07, 6.45) is 0.457. The number of amides is 1. The van der Waals surface area contributed by atoms with Gasteiger partial charge in [-0.05, 0) is 36.2 Å². The number of sulfone groups is 1. The number of anilines is 1. The highest BCUT2D eigenvalue weighted by Crippen LogP contribution is 2.26. The van der Waals surface area contributed by atoms with Crippen LogP contribution in [0, 0.1) is 0 Å². The number of carbonyl (C=O) groups is 1. The largest absolute Gasteiger partial charge is 0.496 e. The van der Waals surface area contributed by atoms with E-state index in [4.69, 9.17) is 4.74 Å². The first-order chi connectivity index (χ1) is 13.3. The van der Waals surface area contributed by atoms with Crippen molar-refractivity contribution in [1.29, 1.82) is 0 Å². The predicted octanol–water partition coefficient (Wildman–Crippen LogP) is 2.59. The first-order valence-electron chi connectivity index (χ1n) is 9.21. The Hall–Kier alpha value is -2.54. The van der Waals surface area contributed by atoms with Crippen LogP contribution in [0.15, 0.2) is 48.5 Å². The van der Waals surface area contributed by atoms with E-state index in [1.54, 1.807) is 29.2 Å². The Balaban J connectivity index is 1.92. The van der Waals surface area contributed by atoms with Crippen molar-refractivity contribution in [1.82, 2.24) is 4.90 Å². The van der Waals surface area contributed by atoms with Gasteiger partial charge in [-0.2, -0.15) is 0 Å². The van der Waals surface area contributed by atoms with Gasteiger partial charge in [-0.1, -0.05) is 24.3 Å². The van der Waals surface area contributed by atoms with Gasteiger partial charge in [-0.15, -0.1) is 0 Å². The second-order valence-electron chi connectivity index (χ2n) is 7.25. The fourth-order valence-corrected chi connectivity index (χ4v) is 5.19. The minimum absolute atomic E-state index is 0.00364. The van der Waals surface area contributed by atoms with Crippen LogP contribution in [0.4, 0.5) is 5.69 Å². The first-order valence-corrected chi connectivity index (χ1v) is 11.0. The van der Waals surface area contributed by atoms with Crippen LogP contribution in [-0.2, 0) is 16.4 Å². The molecule has 3 rings (SSSR count). The molecule has 2 aromatic rings. The van der Waals surface area contributed by atoms with Gasteiger partial charge in [-0.25, -0.2) is 8.42 Å². The maximum Gasteiger partial charge on any atom is 0.258 e. The monoisotopic (exact) mass is 402 g/mol. The molecule has 1 saturated heterocycles. The van der Waals surface area contributed by atoms with Gasteiger partial charge in [0.05, 0.1) is 24.2 Å². The number of nitrogens with zero attached hydrogens (tertiary/aromatic N) is 2. The minimum atomic E-state index is -3.11. The number of para-hydroxylation sites is 1. The lowest BCUT2D eigenvalue weighted by Gasteiger charge is -2.29. The predicted molar refractivity (Wildman–Crippen MR) is 111 cm³/mol.